The number of ether oxygens (including phenoxy) is 1. The lowest BCUT2D eigenvalue weighted by Gasteiger charge is -2.31. The molecule has 0 aromatic heterocycles. The van der Waals surface area contributed by atoms with Gasteiger partial charge in [-0.3, -0.25) is 9.59 Å². The molecule has 3 saturated heterocycles. The maximum Gasteiger partial charge on any atom is 0.254 e. The zero-order chi connectivity index (χ0) is 17.6. The van der Waals surface area contributed by atoms with E-state index in [1.807, 2.05) is 4.90 Å². The Kier molecular flexibility index (Phi) is 4.23. The second kappa shape index (κ2) is 6.41. The molecule has 25 heavy (non-hydrogen) atoms. The average Bonchev–Trinajstić information content (AvgIpc) is 3.32. The van der Waals surface area contributed by atoms with Crippen molar-refractivity contribution in [3.8, 4) is 0 Å². The fourth-order valence-electron chi connectivity index (χ4n) is 4.33. The normalized spacial score (nSPS) is 28.5. The summed E-state index contributed by atoms with van der Waals surface area (Å²) in [5.74, 6) is -0.494. The number of carbonyl (C=O) groups excluding carboxylic acids is 2. The minimum Gasteiger partial charge on any atom is -0.376 e. The van der Waals surface area contributed by atoms with Crippen molar-refractivity contribution in [2.24, 2.45) is 0 Å². The number of hydrogen-bond acceptors (Lipinski definition) is 3. The van der Waals surface area contributed by atoms with Crippen LogP contribution in [0.25, 0.3) is 0 Å². The smallest absolute Gasteiger partial charge is 0.254 e. The van der Waals surface area contributed by atoms with Crippen LogP contribution in [-0.4, -0.2) is 59.5 Å². The fourth-order valence-corrected chi connectivity index (χ4v) is 4.33. The van der Waals surface area contributed by atoms with Crippen LogP contribution >= 0.6 is 0 Å². The van der Waals surface area contributed by atoms with E-state index in [1.165, 1.54) is 12.1 Å². The van der Waals surface area contributed by atoms with Gasteiger partial charge in [-0.05, 0) is 49.9 Å². The second-order valence-electron chi connectivity index (χ2n) is 7.23. The number of nitrogens with zero attached hydrogens (tertiary/aromatic N) is 2. The first kappa shape index (κ1) is 16.5. The first-order valence-electron chi connectivity index (χ1n) is 9.05. The Morgan fingerprint density at radius 1 is 1.24 bits per heavy atom. The molecule has 3 aliphatic heterocycles. The predicted octanol–water partition coefficient (Wildman–Crippen LogP) is 2.13. The molecule has 0 bridgehead atoms. The minimum absolute atomic E-state index is 0.0303. The van der Waals surface area contributed by atoms with Crippen LogP contribution in [0.15, 0.2) is 18.2 Å². The number of aryl methyl sites for hydroxylation is 1. The molecule has 0 N–H and O–H groups in total. The zero-order valence-electron chi connectivity index (χ0n) is 14.4. The minimum atomic E-state index is -0.466. The van der Waals surface area contributed by atoms with Crippen LogP contribution in [0.1, 0.15) is 41.6 Å². The topological polar surface area (TPSA) is 49.9 Å². The molecule has 0 aliphatic carbocycles. The molecule has 5 nitrogen and oxygen atoms in total. The van der Waals surface area contributed by atoms with E-state index in [2.05, 4.69) is 0 Å². The molecule has 0 spiro atoms. The van der Waals surface area contributed by atoms with Crippen molar-refractivity contribution in [3.63, 3.8) is 0 Å². The summed E-state index contributed by atoms with van der Waals surface area (Å²) in [5, 5.41) is 0. The van der Waals surface area contributed by atoms with Crippen molar-refractivity contribution in [2.75, 3.05) is 19.7 Å². The predicted molar refractivity (Wildman–Crippen MR) is 89.7 cm³/mol. The number of fused-ring (bicyclic) bond motifs is 1. The number of hydrogen-bond donors (Lipinski definition) is 0. The lowest BCUT2D eigenvalue weighted by molar-refractivity contribution is -0.134. The molecule has 134 valence electrons. The van der Waals surface area contributed by atoms with E-state index in [9.17, 15) is 14.0 Å². The summed E-state index contributed by atoms with van der Waals surface area (Å²) in [6.07, 6.45) is 3.29. The highest BCUT2D eigenvalue weighted by atomic mass is 19.1. The first-order valence-corrected chi connectivity index (χ1v) is 9.05. The molecule has 1 aromatic carbocycles. The molecule has 3 aliphatic rings. The Hall–Kier alpha value is -1.95. The third-order valence-corrected chi connectivity index (χ3v) is 5.67. The number of carbonyl (C=O) groups is 2. The van der Waals surface area contributed by atoms with Crippen LogP contribution in [0.2, 0.25) is 0 Å². The van der Waals surface area contributed by atoms with E-state index in [-0.39, 0.29) is 29.8 Å². The van der Waals surface area contributed by atoms with Crippen molar-refractivity contribution in [3.05, 3.63) is 35.1 Å². The molecule has 3 fully saturated rings. The van der Waals surface area contributed by atoms with E-state index in [4.69, 9.17) is 4.74 Å². The first-order chi connectivity index (χ1) is 12.1. The third kappa shape index (κ3) is 2.82. The van der Waals surface area contributed by atoms with Gasteiger partial charge in [0, 0.05) is 31.7 Å². The van der Waals surface area contributed by atoms with Crippen LogP contribution in [-0.2, 0) is 9.53 Å². The summed E-state index contributed by atoms with van der Waals surface area (Å²) >= 11 is 0. The van der Waals surface area contributed by atoms with Gasteiger partial charge in [0.25, 0.3) is 5.91 Å². The second-order valence-corrected chi connectivity index (χ2v) is 7.23. The molecule has 1 aromatic rings. The molecular formula is C19H23FN2O3. The van der Waals surface area contributed by atoms with E-state index >= 15 is 0 Å². The number of halogens is 1. The van der Waals surface area contributed by atoms with Gasteiger partial charge in [-0.15, -0.1) is 0 Å². The molecule has 4 rings (SSSR count). The van der Waals surface area contributed by atoms with E-state index in [0.717, 1.165) is 32.4 Å². The maximum atomic E-state index is 13.6. The number of amides is 2. The standard InChI is InChI=1S/C19H23FN2O3/c1-12-10-13(4-5-14(12)20)18(23)22-15-6-9-25-17(15)11-16(22)19(24)21-7-2-3-8-21/h4-5,10,15-17H,2-3,6-9,11H2,1H3/t15-,16-,17-/m0/s1. The molecule has 0 saturated carbocycles. The van der Waals surface area contributed by atoms with Gasteiger partial charge < -0.3 is 14.5 Å². The zero-order valence-corrected chi connectivity index (χ0v) is 14.4. The van der Waals surface area contributed by atoms with E-state index in [0.29, 0.717) is 24.2 Å². The van der Waals surface area contributed by atoms with Crippen molar-refractivity contribution < 1.29 is 18.7 Å². The molecule has 0 unspecified atom stereocenters. The number of benzene rings is 1. The average molecular weight is 346 g/mol. The van der Waals surface area contributed by atoms with Gasteiger partial charge in [0.1, 0.15) is 11.9 Å². The largest absolute Gasteiger partial charge is 0.376 e. The number of rotatable bonds is 2. The third-order valence-electron chi connectivity index (χ3n) is 5.67. The molecular weight excluding hydrogens is 323 g/mol. The van der Waals surface area contributed by atoms with Crippen molar-refractivity contribution in [1.29, 1.82) is 0 Å². The summed E-state index contributed by atoms with van der Waals surface area (Å²) in [7, 11) is 0. The highest BCUT2D eigenvalue weighted by Gasteiger charge is 2.50. The maximum absolute atomic E-state index is 13.6. The number of likely N-dealkylation sites (tertiary alicyclic amines) is 2. The monoisotopic (exact) mass is 346 g/mol. The van der Waals surface area contributed by atoms with Crippen LogP contribution in [0, 0.1) is 12.7 Å². The van der Waals surface area contributed by atoms with Gasteiger partial charge in [-0.2, -0.15) is 0 Å². The van der Waals surface area contributed by atoms with Crippen LogP contribution in [0.3, 0.4) is 0 Å². The molecule has 2 amide bonds. The lowest BCUT2D eigenvalue weighted by Crippen LogP contribution is -2.49. The molecule has 0 radical (unpaired) electrons. The van der Waals surface area contributed by atoms with Crippen molar-refractivity contribution in [2.45, 2.75) is 50.8 Å². The Morgan fingerprint density at radius 3 is 2.72 bits per heavy atom. The summed E-state index contributed by atoms with van der Waals surface area (Å²) in [6.45, 7) is 3.79. The van der Waals surface area contributed by atoms with Gasteiger partial charge >= 0.3 is 0 Å². The summed E-state index contributed by atoms with van der Waals surface area (Å²) in [4.78, 5) is 29.7. The lowest BCUT2D eigenvalue weighted by atomic mass is 10.1. The van der Waals surface area contributed by atoms with Crippen LogP contribution in [0.5, 0.6) is 0 Å². The van der Waals surface area contributed by atoms with E-state index in [1.54, 1.807) is 17.9 Å². The Morgan fingerprint density at radius 2 is 2.00 bits per heavy atom. The van der Waals surface area contributed by atoms with Gasteiger partial charge in [0.15, 0.2) is 0 Å². The molecule has 3 atom stereocenters. The van der Waals surface area contributed by atoms with Crippen LogP contribution in [0.4, 0.5) is 4.39 Å². The summed E-state index contributed by atoms with van der Waals surface area (Å²) in [6, 6.07) is 3.86. The van der Waals surface area contributed by atoms with Crippen molar-refractivity contribution in [1.82, 2.24) is 9.80 Å². The SMILES string of the molecule is Cc1cc(C(=O)N2[C@H](C(=O)N3CCCC3)C[C@@H]3OCC[C@@H]32)ccc1F. The van der Waals surface area contributed by atoms with Gasteiger partial charge in [0.05, 0.1) is 12.1 Å². The Balaban J connectivity index is 1.63. The van der Waals surface area contributed by atoms with Gasteiger partial charge in [-0.25, -0.2) is 4.39 Å². The molecule has 6 heteroatoms. The van der Waals surface area contributed by atoms with Crippen molar-refractivity contribution >= 4 is 11.8 Å². The van der Waals surface area contributed by atoms with Gasteiger partial charge in [0.2, 0.25) is 5.91 Å². The molecule has 3 heterocycles. The van der Waals surface area contributed by atoms with Gasteiger partial charge in [-0.1, -0.05) is 0 Å². The van der Waals surface area contributed by atoms with E-state index < -0.39 is 6.04 Å². The summed E-state index contributed by atoms with van der Waals surface area (Å²) in [5.41, 5.74) is 0.873. The highest BCUT2D eigenvalue weighted by molar-refractivity contribution is 5.98. The Labute approximate surface area is 146 Å². The quantitative estimate of drug-likeness (QED) is 0.824. The van der Waals surface area contributed by atoms with Crippen LogP contribution < -0.4 is 0 Å². The Bertz CT molecular complexity index is 702. The summed E-state index contributed by atoms with van der Waals surface area (Å²) < 4.78 is 19.3. The highest BCUT2D eigenvalue weighted by Crippen LogP contribution is 2.36. The fraction of sp³-hybridized carbons (Fsp3) is 0.579.